The molecule has 0 spiro atoms. The fourth-order valence-corrected chi connectivity index (χ4v) is 5.34. The van der Waals surface area contributed by atoms with Gasteiger partial charge in [-0.05, 0) is 86.7 Å². The van der Waals surface area contributed by atoms with E-state index < -0.39 is 5.82 Å². The van der Waals surface area contributed by atoms with Gasteiger partial charge >= 0.3 is 0 Å². The van der Waals surface area contributed by atoms with Gasteiger partial charge in [-0.15, -0.1) is 0 Å². The molecule has 3 heterocycles. The predicted octanol–water partition coefficient (Wildman–Crippen LogP) is 5.94. The van der Waals surface area contributed by atoms with Crippen LogP contribution >= 0.6 is 11.6 Å². The van der Waals surface area contributed by atoms with Gasteiger partial charge in [0.05, 0.1) is 0 Å². The molecule has 0 saturated carbocycles. The zero-order valence-electron chi connectivity index (χ0n) is 16.8. The summed E-state index contributed by atoms with van der Waals surface area (Å²) < 4.78 is 13.6. The quantitative estimate of drug-likeness (QED) is 0.545. The van der Waals surface area contributed by atoms with Gasteiger partial charge in [-0.1, -0.05) is 18.0 Å². The second-order valence-corrected chi connectivity index (χ2v) is 8.96. The average Bonchev–Trinajstić information content (AvgIpc) is 3.16. The van der Waals surface area contributed by atoms with Gasteiger partial charge in [0.15, 0.2) is 0 Å². The number of carbonyl (C=O) groups excluding carboxylic acids is 1. The van der Waals surface area contributed by atoms with Crippen LogP contribution in [0, 0.1) is 5.82 Å². The minimum absolute atomic E-state index is 0.206. The van der Waals surface area contributed by atoms with Crippen molar-refractivity contribution in [3.63, 3.8) is 0 Å². The fourth-order valence-electron chi connectivity index (χ4n) is 5.12. The maximum atomic E-state index is 13.6. The van der Waals surface area contributed by atoms with Crippen LogP contribution in [0.25, 0.3) is 10.9 Å². The van der Waals surface area contributed by atoms with Gasteiger partial charge < -0.3 is 15.2 Å². The minimum Gasteiger partial charge on any atom is -0.361 e. The molecule has 1 amide bonds. The Morgan fingerprint density at radius 3 is 2.90 bits per heavy atom. The molecule has 5 rings (SSSR count). The molecule has 2 aromatic carbocycles. The highest BCUT2D eigenvalue weighted by Crippen LogP contribution is 2.38. The van der Waals surface area contributed by atoms with Crippen LogP contribution in [0.5, 0.6) is 0 Å². The Kier molecular flexibility index (Phi) is 5.25. The number of aromatic nitrogens is 1. The highest BCUT2D eigenvalue weighted by molar-refractivity contribution is 6.31. The van der Waals surface area contributed by atoms with Gasteiger partial charge in [-0.25, -0.2) is 4.39 Å². The van der Waals surface area contributed by atoms with Crippen LogP contribution in [0.15, 0.2) is 42.6 Å². The van der Waals surface area contributed by atoms with Crippen molar-refractivity contribution >= 4 is 34.1 Å². The van der Waals surface area contributed by atoms with Crippen molar-refractivity contribution in [2.45, 2.75) is 44.1 Å². The second kappa shape index (κ2) is 8.05. The first-order valence-electron chi connectivity index (χ1n) is 10.7. The number of anilines is 1. The summed E-state index contributed by atoms with van der Waals surface area (Å²) in [5.74, 6) is -0.362. The molecular formula is C24H25ClFN3O. The number of aromatic amines is 1. The Bertz CT molecular complexity index is 1070. The SMILES string of the molecule is O=C(Nc1ccc2[nH]cc(C3CCN4CCCCC4C3)c2c1)c1cc(F)cc(Cl)c1. The van der Waals surface area contributed by atoms with Crippen LogP contribution in [0.2, 0.25) is 5.02 Å². The topological polar surface area (TPSA) is 48.1 Å². The van der Waals surface area contributed by atoms with Crippen molar-refractivity contribution in [2.24, 2.45) is 0 Å². The third-order valence-electron chi connectivity index (χ3n) is 6.61. The molecule has 2 aliphatic heterocycles. The largest absolute Gasteiger partial charge is 0.361 e. The predicted molar refractivity (Wildman–Crippen MR) is 119 cm³/mol. The molecule has 0 bridgehead atoms. The summed E-state index contributed by atoms with van der Waals surface area (Å²) in [6, 6.07) is 10.4. The van der Waals surface area contributed by atoms with Crippen molar-refractivity contribution in [2.75, 3.05) is 18.4 Å². The lowest BCUT2D eigenvalue weighted by Crippen LogP contribution is -2.44. The normalized spacial score (nSPS) is 22.1. The third kappa shape index (κ3) is 3.84. The molecule has 30 heavy (non-hydrogen) atoms. The number of halogens is 2. The summed E-state index contributed by atoms with van der Waals surface area (Å²) in [6.45, 7) is 2.41. The number of fused-ring (bicyclic) bond motifs is 2. The van der Waals surface area contributed by atoms with Crippen LogP contribution in [-0.4, -0.2) is 34.9 Å². The summed E-state index contributed by atoms with van der Waals surface area (Å²) in [5, 5.41) is 4.24. The molecule has 2 atom stereocenters. The molecule has 2 saturated heterocycles. The highest BCUT2D eigenvalue weighted by atomic mass is 35.5. The van der Waals surface area contributed by atoms with E-state index in [0.717, 1.165) is 10.9 Å². The lowest BCUT2D eigenvalue weighted by molar-refractivity contribution is 0.0977. The Hall–Kier alpha value is -2.37. The van der Waals surface area contributed by atoms with Crippen molar-refractivity contribution in [3.05, 3.63) is 64.6 Å². The summed E-state index contributed by atoms with van der Waals surface area (Å²) >= 11 is 5.89. The Balaban J connectivity index is 1.38. The molecule has 2 fully saturated rings. The lowest BCUT2D eigenvalue weighted by Gasteiger charge is -2.42. The van der Waals surface area contributed by atoms with Crippen LogP contribution in [-0.2, 0) is 0 Å². The van der Waals surface area contributed by atoms with E-state index in [4.69, 9.17) is 11.6 Å². The minimum atomic E-state index is -0.523. The Morgan fingerprint density at radius 2 is 2.03 bits per heavy atom. The standard InChI is InChI=1S/C24H25ClFN3O/c25-17-9-16(10-18(26)12-17)24(30)28-19-4-5-23-21(13-19)22(14-27-23)15-6-8-29-7-2-1-3-20(29)11-15/h4-5,9-10,12-15,20,27H,1-3,6-8,11H2,(H,28,30). The number of piperidine rings is 2. The van der Waals surface area contributed by atoms with E-state index in [9.17, 15) is 9.18 Å². The number of hydrogen-bond acceptors (Lipinski definition) is 2. The van der Waals surface area contributed by atoms with E-state index in [1.54, 1.807) is 0 Å². The number of amides is 1. The van der Waals surface area contributed by atoms with Crippen LogP contribution in [0.1, 0.15) is 53.9 Å². The zero-order valence-corrected chi connectivity index (χ0v) is 17.5. The summed E-state index contributed by atoms with van der Waals surface area (Å²) in [4.78, 5) is 18.6. The smallest absolute Gasteiger partial charge is 0.255 e. The molecule has 2 unspecified atom stereocenters. The molecule has 0 aliphatic carbocycles. The molecule has 2 N–H and O–H groups in total. The summed E-state index contributed by atoms with van der Waals surface area (Å²) in [5.41, 5.74) is 3.31. The van der Waals surface area contributed by atoms with Gasteiger partial charge in [-0.3, -0.25) is 4.79 Å². The molecule has 4 nitrogen and oxygen atoms in total. The van der Waals surface area contributed by atoms with Crippen molar-refractivity contribution in [1.29, 1.82) is 0 Å². The third-order valence-corrected chi connectivity index (χ3v) is 6.82. The first kappa shape index (κ1) is 19.6. The van der Waals surface area contributed by atoms with E-state index in [-0.39, 0.29) is 16.5 Å². The number of H-pyrrole nitrogens is 1. The van der Waals surface area contributed by atoms with E-state index in [1.807, 2.05) is 18.2 Å². The number of nitrogens with one attached hydrogen (secondary N) is 2. The van der Waals surface area contributed by atoms with Crippen LogP contribution in [0.4, 0.5) is 10.1 Å². The van der Waals surface area contributed by atoms with E-state index in [2.05, 4.69) is 21.4 Å². The number of benzene rings is 2. The molecule has 0 radical (unpaired) electrons. The Morgan fingerprint density at radius 1 is 1.13 bits per heavy atom. The fraction of sp³-hybridized carbons (Fsp3) is 0.375. The molecular weight excluding hydrogens is 401 g/mol. The molecule has 2 aliphatic rings. The summed E-state index contributed by atoms with van der Waals surface area (Å²) in [7, 11) is 0. The molecule has 156 valence electrons. The number of hydrogen-bond donors (Lipinski definition) is 2. The number of carbonyl (C=O) groups is 1. The van der Waals surface area contributed by atoms with Crippen LogP contribution < -0.4 is 5.32 Å². The van der Waals surface area contributed by atoms with Gasteiger partial charge in [0, 0.05) is 39.4 Å². The van der Waals surface area contributed by atoms with Gasteiger partial charge in [0.2, 0.25) is 0 Å². The van der Waals surface area contributed by atoms with E-state index in [1.165, 1.54) is 69.0 Å². The number of nitrogens with zero attached hydrogens (tertiary/aromatic N) is 1. The second-order valence-electron chi connectivity index (χ2n) is 8.52. The highest BCUT2D eigenvalue weighted by Gasteiger charge is 2.31. The Labute approximate surface area is 180 Å². The molecule has 6 heteroatoms. The zero-order chi connectivity index (χ0) is 20.7. The first-order valence-corrected chi connectivity index (χ1v) is 11.1. The van der Waals surface area contributed by atoms with E-state index >= 15 is 0 Å². The van der Waals surface area contributed by atoms with E-state index in [0.29, 0.717) is 17.6 Å². The van der Waals surface area contributed by atoms with Crippen molar-refractivity contribution in [1.82, 2.24) is 9.88 Å². The number of rotatable bonds is 3. The lowest BCUT2D eigenvalue weighted by atomic mass is 9.82. The molecule has 1 aromatic heterocycles. The van der Waals surface area contributed by atoms with Crippen LogP contribution in [0.3, 0.4) is 0 Å². The first-order chi connectivity index (χ1) is 14.6. The van der Waals surface area contributed by atoms with Crippen molar-refractivity contribution < 1.29 is 9.18 Å². The van der Waals surface area contributed by atoms with Crippen molar-refractivity contribution in [3.8, 4) is 0 Å². The average molecular weight is 426 g/mol. The monoisotopic (exact) mass is 425 g/mol. The maximum Gasteiger partial charge on any atom is 0.255 e. The van der Waals surface area contributed by atoms with Gasteiger partial charge in [0.25, 0.3) is 5.91 Å². The maximum absolute atomic E-state index is 13.6. The van der Waals surface area contributed by atoms with Gasteiger partial charge in [-0.2, -0.15) is 0 Å². The molecule has 3 aromatic rings. The summed E-state index contributed by atoms with van der Waals surface area (Å²) in [6.07, 6.45) is 8.46. The van der Waals surface area contributed by atoms with Gasteiger partial charge in [0.1, 0.15) is 5.82 Å².